The Balaban J connectivity index is 1.41. The quantitative estimate of drug-likeness (QED) is 0.234. The number of aromatic hydroxyl groups is 1. The maximum absolute atomic E-state index is 10.7. The van der Waals surface area contributed by atoms with Crippen molar-refractivity contribution in [3.05, 3.63) is 102 Å². The highest BCUT2D eigenvalue weighted by molar-refractivity contribution is 6.13. The molecule has 6 rings (SSSR count). The van der Waals surface area contributed by atoms with Crippen molar-refractivity contribution in [2.24, 2.45) is 4.99 Å². The summed E-state index contributed by atoms with van der Waals surface area (Å²) >= 11 is 0. The number of hydrogen-bond donors (Lipinski definition) is 1. The summed E-state index contributed by atoms with van der Waals surface area (Å²) in [6.45, 7) is 2.01. The zero-order valence-electron chi connectivity index (χ0n) is 18.0. The highest BCUT2D eigenvalue weighted by Crippen LogP contribution is 2.34. The van der Waals surface area contributed by atoms with Gasteiger partial charge in [-0.1, -0.05) is 54.6 Å². The molecular weight excluding hydrogens is 408 g/mol. The lowest BCUT2D eigenvalue weighted by atomic mass is 9.97. The molecule has 0 spiro atoms. The summed E-state index contributed by atoms with van der Waals surface area (Å²) in [6, 6.07) is 29.9. The van der Waals surface area contributed by atoms with Crippen molar-refractivity contribution in [1.29, 1.82) is 0 Å². The van der Waals surface area contributed by atoms with Gasteiger partial charge >= 0.3 is 0 Å². The number of nitrogens with zero attached hydrogens (tertiary/aromatic N) is 2. The second-order valence-corrected chi connectivity index (χ2v) is 8.18. The third-order valence-electron chi connectivity index (χ3n) is 5.91. The van der Waals surface area contributed by atoms with Crippen molar-refractivity contribution in [1.82, 2.24) is 4.98 Å². The molecule has 33 heavy (non-hydrogen) atoms. The summed E-state index contributed by atoms with van der Waals surface area (Å²) in [6.07, 6.45) is 1.88. The molecule has 0 amide bonds. The molecule has 4 nitrogen and oxygen atoms in total. The summed E-state index contributed by atoms with van der Waals surface area (Å²) in [7, 11) is 0. The number of hydrogen-bond acceptors (Lipinski definition) is 4. The van der Waals surface area contributed by atoms with Crippen molar-refractivity contribution in [2.45, 2.75) is 6.92 Å². The number of fused-ring (bicyclic) bond motifs is 3. The third kappa shape index (κ3) is 3.42. The van der Waals surface area contributed by atoms with Crippen molar-refractivity contribution in [2.75, 3.05) is 0 Å². The van der Waals surface area contributed by atoms with E-state index in [0.717, 1.165) is 27.4 Å². The molecular formula is C29H20N2O2. The van der Waals surface area contributed by atoms with Crippen LogP contribution in [0.1, 0.15) is 11.1 Å². The molecule has 0 fully saturated rings. The van der Waals surface area contributed by atoms with E-state index in [1.54, 1.807) is 12.1 Å². The molecule has 1 aromatic heterocycles. The maximum atomic E-state index is 10.7. The fourth-order valence-corrected chi connectivity index (χ4v) is 4.26. The van der Waals surface area contributed by atoms with E-state index in [4.69, 9.17) is 9.41 Å². The molecule has 158 valence electrons. The van der Waals surface area contributed by atoms with Gasteiger partial charge in [-0.2, -0.15) is 0 Å². The fourth-order valence-electron chi connectivity index (χ4n) is 4.26. The van der Waals surface area contributed by atoms with Gasteiger partial charge in [-0.15, -0.1) is 0 Å². The van der Waals surface area contributed by atoms with E-state index >= 15 is 0 Å². The highest BCUT2D eigenvalue weighted by atomic mass is 16.3. The summed E-state index contributed by atoms with van der Waals surface area (Å²) < 4.78 is 5.85. The van der Waals surface area contributed by atoms with Crippen molar-refractivity contribution >= 4 is 44.5 Å². The van der Waals surface area contributed by atoms with E-state index in [9.17, 15) is 5.11 Å². The normalized spacial score (nSPS) is 11.8. The van der Waals surface area contributed by atoms with Gasteiger partial charge < -0.3 is 9.52 Å². The molecule has 5 aromatic carbocycles. The van der Waals surface area contributed by atoms with Crippen LogP contribution in [0.15, 0.2) is 100 Å². The smallest absolute Gasteiger partial charge is 0.231 e. The molecule has 0 bridgehead atoms. The van der Waals surface area contributed by atoms with Crippen LogP contribution in [-0.4, -0.2) is 16.3 Å². The fraction of sp³-hybridized carbons (Fsp3) is 0.0345. The zero-order valence-corrected chi connectivity index (χ0v) is 18.0. The van der Waals surface area contributed by atoms with Crippen LogP contribution < -0.4 is 0 Å². The van der Waals surface area contributed by atoms with Gasteiger partial charge in [0, 0.05) is 17.8 Å². The number of phenolic OH excluding ortho intramolecular Hbond substituents is 1. The minimum Gasteiger partial charge on any atom is -0.507 e. The minimum atomic E-state index is 0.0794. The number of aromatic nitrogens is 1. The second-order valence-electron chi connectivity index (χ2n) is 8.18. The Morgan fingerprint density at radius 2 is 1.55 bits per heavy atom. The Morgan fingerprint density at radius 1 is 0.818 bits per heavy atom. The number of oxazole rings is 1. The molecule has 4 heteroatoms. The largest absolute Gasteiger partial charge is 0.507 e. The van der Waals surface area contributed by atoms with Crippen molar-refractivity contribution in [3.8, 4) is 17.2 Å². The van der Waals surface area contributed by atoms with Gasteiger partial charge in [0.15, 0.2) is 5.58 Å². The number of aryl methyl sites for hydroxylation is 1. The van der Waals surface area contributed by atoms with Gasteiger partial charge in [-0.3, -0.25) is 4.99 Å². The van der Waals surface area contributed by atoms with E-state index in [0.29, 0.717) is 22.7 Å². The lowest BCUT2D eigenvalue weighted by Crippen LogP contribution is -1.88. The van der Waals surface area contributed by atoms with Crippen LogP contribution in [0.3, 0.4) is 0 Å². The molecule has 0 saturated carbocycles. The Labute approximate surface area is 190 Å². The first-order valence-electron chi connectivity index (χ1n) is 10.8. The topological polar surface area (TPSA) is 58.6 Å². The molecule has 1 N–H and O–H groups in total. The van der Waals surface area contributed by atoms with Crippen LogP contribution in [0.25, 0.3) is 44.1 Å². The zero-order chi connectivity index (χ0) is 22.4. The first kappa shape index (κ1) is 19.3. The van der Waals surface area contributed by atoms with Crippen molar-refractivity contribution in [3.63, 3.8) is 0 Å². The van der Waals surface area contributed by atoms with Gasteiger partial charge in [0.1, 0.15) is 11.3 Å². The maximum Gasteiger partial charge on any atom is 0.231 e. The Kier molecular flexibility index (Phi) is 4.44. The van der Waals surface area contributed by atoms with Gasteiger partial charge in [0.25, 0.3) is 0 Å². The van der Waals surface area contributed by atoms with E-state index in [1.165, 1.54) is 10.8 Å². The standard InChI is InChI=1S/C29H20N2O2/c1-18-10-13-28-26(14-18)31-29(33-28)24-12-11-21(16-27(24)32)30-17-25-22-8-4-2-6-19(22)15-20-7-3-5-9-23(20)25/h2-17,32H,1H3. The van der Waals surface area contributed by atoms with E-state index in [-0.39, 0.29) is 5.75 Å². The van der Waals surface area contributed by atoms with Crippen LogP contribution in [0, 0.1) is 6.92 Å². The molecule has 0 aliphatic carbocycles. The molecule has 0 unspecified atom stereocenters. The average Bonchev–Trinajstić information content (AvgIpc) is 3.24. The Morgan fingerprint density at radius 3 is 2.27 bits per heavy atom. The molecule has 0 saturated heterocycles. The first-order valence-corrected chi connectivity index (χ1v) is 10.8. The summed E-state index contributed by atoms with van der Waals surface area (Å²) in [5.74, 6) is 0.472. The Hall–Kier alpha value is -4.44. The molecule has 0 aliphatic rings. The SMILES string of the molecule is Cc1ccc2oc(-c3ccc(N=Cc4c5ccccc5cc5ccccc45)cc3O)nc2c1. The third-order valence-corrected chi connectivity index (χ3v) is 5.91. The Bertz CT molecular complexity index is 1640. The van der Waals surface area contributed by atoms with Gasteiger partial charge in [-0.25, -0.2) is 4.98 Å². The molecule has 6 aromatic rings. The van der Waals surface area contributed by atoms with Gasteiger partial charge in [0.2, 0.25) is 5.89 Å². The van der Waals surface area contributed by atoms with Crippen LogP contribution in [0.4, 0.5) is 5.69 Å². The van der Waals surface area contributed by atoms with Crippen LogP contribution in [-0.2, 0) is 0 Å². The number of phenols is 1. The molecule has 1 heterocycles. The molecule has 0 aliphatic heterocycles. The average molecular weight is 428 g/mol. The van der Waals surface area contributed by atoms with Crippen LogP contribution in [0.2, 0.25) is 0 Å². The van der Waals surface area contributed by atoms with Gasteiger partial charge in [0.05, 0.1) is 11.3 Å². The lowest BCUT2D eigenvalue weighted by molar-refractivity contribution is 0.474. The number of rotatable bonds is 3. The predicted molar refractivity (Wildman–Crippen MR) is 135 cm³/mol. The number of aliphatic imine (C=N–C) groups is 1. The van der Waals surface area contributed by atoms with Crippen LogP contribution >= 0.6 is 0 Å². The highest BCUT2D eigenvalue weighted by Gasteiger charge is 2.13. The van der Waals surface area contributed by atoms with Crippen LogP contribution in [0.5, 0.6) is 5.75 Å². The predicted octanol–water partition coefficient (Wildman–Crippen LogP) is 7.57. The van der Waals surface area contributed by atoms with E-state index in [2.05, 4.69) is 35.3 Å². The van der Waals surface area contributed by atoms with Crippen molar-refractivity contribution < 1.29 is 9.52 Å². The molecule has 0 radical (unpaired) electrons. The van der Waals surface area contributed by atoms with E-state index < -0.39 is 0 Å². The summed E-state index contributed by atoms with van der Waals surface area (Å²) in [5, 5.41) is 15.3. The summed E-state index contributed by atoms with van der Waals surface area (Å²) in [4.78, 5) is 9.22. The monoisotopic (exact) mass is 428 g/mol. The number of benzene rings is 5. The first-order chi connectivity index (χ1) is 16.2. The second kappa shape index (κ2) is 7.61. The minimum absolute atomic E-state index is 0.0794. The summed E-state index contributed by atoms with van der Waals surface area (Å²) in [5.41, 5.74) is 4.83. The molecule has 0 atom stereocenters. The van der Waals surface area contributed by atoms with E-state index in [1.807, 2.05) is 61.7 Å². The lowest BCUT2D eigenvalue weighted by Gasteiger charge is -2.08. The van der Waals surface area contributed by atoms with Gasteiger partial charge in [-0.05, 0) is 64.4 Å².